The molecule has 1 saturated carbocycles. The highest BCUT2D eigenvalue weighted by Gasteiger charge is 2.28. The van der Waals surface area contributed by atoms with Gasteiger partial charge in [-0.2, -0.15) is 11.3 Å². The SMILES string of the molecule is O=c1cc(-c2ccsc2)c2ccc(OCc3cccc(C4CC(OCC5CC5)CCO4)c3)cc2o1. The van der Waals surface area contributed by atoms with Gasteiger partial charge in [0.05, 0.1) is 12.2 Å². The minimum absolute atomic E-state index is 0.0540. The molecule has 0 bridgehead atoms. The monoisotopic (exact) mass is 488 g/mol. The summed E-state index contributed by atoms with van der Waals surface area (Å²) in [5.74, 6) is 1.44. The molecule has 35 heavy (non-hydrogen) atoms. The second kappa shape index (κ2) is 9.97. The van der Waals surface area contributed by atoms with Gasteiger partial charge in [0.2, 0.25) is 0 Å². The molecule has 1 aliphatic carbocycles. The molecule has 4 aromatic rings. The lowest BCUT2D eigenvalue weighted by Crippen LogP contribution is -2.27. The second-order valence-electron chi connectivity index (χ2n) is 9.47. The van der Waals surface area contributed by atoms with Gasteiger partial charge in [0.15, 0.2) is 0 Å². The van der Waals surface area contributed by atoms with Gasteiger partial charge < -0.3 is 18.6 Å². The molecular weight excluding hydrogens is 460 g/mol. The molecule has 1 aliphatic heterocycles. The Balaban J connectivity index is 1.14. The standard InChI is InChI=1S/C29H28O5S/c30-29-15-26(22-9-11-35-18-22)25-7-6-23(14-28(25)34-29)33-17-20-2-1-3-21(12-20)27-13-24(8-10-31-27)32-16-19-4-5-19/h1-3,6-7,9,11-12,14-15,18-19,24,27H,4-5,8,10,13,16-17H2. The van der Waals surface area contributed by atoms with E-state index in [2.05, 4.69) is 24.3 Å². The Morgan fingerprint density at radius 3 is 2.83 bits per heavy atom. The number of hydrogen-bond acceptors (Lipinski definition) is 6. The highest BCUT2D eigenvalue weighted by Crippen LogP contribution is 2.34. The van der Waals surface area contributed by atoms with Crippen molar-refractivity contribution in [2.24, 2.45) is 5.92 Å². The molecule has 0 N–H and O–H groups in total. The van der Waals surface area contributed by atoms with Crippen molar-refractivity contribution in [2.45, 2.75) is 44.5 Å². The van der Waals surface area contributed by atoms with Crippen LogP contribution >= 0.6 is 11.3 Å². The quantitative estimate of drug-likeness (QED) is 0.257. The maximum atomic E-state index is 12.2. The van der Waals surface area contributed by atoms with E-state index in [1.807, 2.05) is 29.0 Å². The van der Waals surface area contributed by atoms with Crippen molar-refractivity contribution in [3.63, 3.8) is 0 Å². The molecular formula is C29H28O5S. The van der Waals surface area contributed by atoms with Gasteiger partial charge in [0, 0.05) is 42.7 Å². The van der Waals surface area contributed by atoms with Crippen LogP contribution in [0.15, 0.2) is 74.6 Å². The number of ether oxygens (including phenoxy) is 3. The van der Waals surface area contributed by atoms with Crippen LogP contribution in [0.1, 0.15) is 42.9 Å². The molecule has 0 spiro atoms. The molecule has 2 aromatic carbocycles. The Morgan fingerprint density at radius 2 is 1.97 bits per heavy atom. The van der Waals surface area contributed by atoms with Crippen LogP contribution in [0.4, 0.5) is 0 Å². The van der Waals surface area contributed by atoms with Gasteiger partial charge in [-0.25, -0.2) is 4.79 Å². The van der Waals surface area contributed by atoms with E-state index in [0.29, 0.717) is 17.9 Å². The van der Waals surface area contributed by atoms with Gasteiger partial charge in [0.1, 0.15) is 17.9 Å². The van der Waals surface area contributed by atoms with Crippen LogP contribution in [0.3, 0.4) is 0 Å². The van der Waals surface area contributed by atoms with Crippen LogP contribution in [-0.4, -0.2) is 19.3 Å². The predicted molar refractivity (Wildman–Crippen MR) is 137 cm³/mol. The van der Waals surface area contributed by atoms with Crippen LogP contribution in [0.5, 0.6) is 5.75 Å². The summed E-state index contributed by atoms with van der Waals surface area (Å²) in [6.45, 7) is 2.05. The molecule has 2 aromatic heterocycles. The van der Waals surface area contributed by atoms with Gasteiger partial charge in [-0.1, -0.05) is 18.2 Å². The van der Waals surface area contributed by atoms with Crippen LogP contribution in [-0.2, 0) is 16.1 Å². The number of benzene rings is 2. The van der Waals surface area contributed by atoms with E-state index in [1.54, 1.807) is 23.5 Å². The maximum absolute atomic E-state index is 12.2. The summed E-state index contributed by atoms with van der Waals surface area (Å²) in [6.07, 6.45) is 4.83. The zero-order valence-corrected chi connectivity index (χ0v) is 20.3. The van der Waals surface area contributed by atoms with Gasteiger partial charge in [-0.3, -0.25) is 0 Å². The Morgan fingerprint density at radius 1 is 1.03 bits per heavy atom. The van der Waals surface area contributed by atoms with Crippen molar-refractivity contribution in [3.05, 3.63) is 86.9 Å². The average molecular weight is 489 g/mol. The largest absolute Gasteiger partial charge is 0.489 e. The van der Waals surface area contributed by atoms with Gasteiger partial charge in [-0.05, 0) is 76.9 Å². The molecule has 6 heteroatoms. The number of rotatable bonds is 8. The van der Waals surface area contributed by atoms with Crippen molar-refractivity contribution >= 4 is 22.3 Å². The Bertz CT molecular complexity index is 1360. The van der Waals surface area contributed by atoms with Crippen LogP contribution in [0.25, 0.3) is 22.1 Å². The molecule has 2 fully saturated rings. The lowest BCUT2D eigenvalue weighted by Gasteiger charge is -2.30. The van der Waals surface area contributed by atoms with E-state index >= 15 is 0 Å². The van der Waals surface area contributed by atoms with Crippen molar-refractivity contribution in [1.82, 2.24) is 0 Å². The smallest absolute Gasteiger partial charge is 0.336 e. The van der Waals surface area contributed by atoms with E-state index in [0.717, 1.165) is 59.6 Å². The third-order valence-corrected chi connectivity index (χ3v) is 7.46. The van der Waals surface area contributed by atoms with Crippen molar-refractivity contribution < 1.29 is 18.6 Å². The zero-order chi connectivity index (χ0) is 23.6. The van der Waals surface area contributed by atoms with Crippen molar-refractivity contribution in [2.75, 3.05) is 13.2 Å². The average Bonchev–Trinajstić information content (AvgIpc) is 3.56. The summed E-state index contributed by atoms with van der Waals surface area (Å²) in [6, 6.07) is 17.6. The van der Waals surface area contributed by atoms with E-state index < -0.39 is 0 Å². The molecule has 1 saturated heterocycles. The van der Waals surface area contributed by atoms with Gasteiger partial charge in [0.25, 0.3) is 0 Å². The van der Waals surface area contributed by atoms with E-state index in [1.165, 1.54) is 12.8 Å². The molecule has 2 aliphatic rings. The molecule has 5 nitrogen and oxygen atoms in total. The fourth-order valence-corrected chi connectivity index (χ4v) is 5.30. The topological polar surface area (TPSA) is 57.9 Å². The third kappa shape index (κ3) is 5.35. The molecule has 3 heterocycles. The summed E-state index contributed by atoms with van der Waals surface area (Å²) >= 11 is 1.60. The molecule has 180 valence electrons. The third-order valence-electron chi connectivity index (χ3n) is 6.78. The van der Waals surface area contributed by atoms with E-state index in [4.69, 9.17) is 18.6 Å². The second-order valence-corrected chi connectivity index (χ2v) is 10.2. The first-order chi connectivity index (χ1) is 17.2. The lowest BCUT2D eigenvalue weighted by atomic mass is 9.98. The fourth-order valence-electron chi connectivity index (χ4n) is 4.65. The van der Waals surface area contributed by atoms with Crippen molar-refractivity contribution in [1.29, 1.82) is 0 Å². The minimum Gasteiger partial charge on any atom is -0.489 e. The fraction of sp³-hybridized carbons (Fsp3) is 0.345. The Kier molecular flexibility index (Phi) is 6.42. The number of thiophene rings is 1. The minimum atomic E-state index is -0.365. The molecule has 0 radical (unpaired) electrons. The number of hydrogen-bond donors (Lipinski definition) is 0. The van der Waals surface area contributed by atoms with Gasteiger partial charge in [-0.15, -0.1) is 0 Å². The first-order valence-electron chi connectivity index (χ1n) is 12.3. The summed E-state index contributed by atoms with van der Waals surface area (Å²) in [7, 11) is 0. The summed E-state index contributed by atoms with van der Waals surface area (Å²) in [5.41, 5.74) is 4.29. The van der Waals surface area contributed by atoms with Crippen LogP contribution in [0.2, 0.25) is 0 Å². The molecule has 2 unspecified atom stereocenters. The normalized spacial score (nSPS) is 20.2. The summed E-state index contributed by atoms with van der Waals surface area (Å²) in [5, 5.41) is 4.93. The first-order valence-corrected chi connectivity index (χ1v) is 13.2. The molecule has 6 rings (SSSR count). The van der Waals surface area contributed by atoms with Crippen molar-refractivity contribution in [3.8, 4) is 16.9 Å². The molecule has 0 amide bonds. The molecule has 2 atom stereocenters. The zero-order valence-electron chi connectivity index (χ0n) is 19.5. The Labute approximate surface area is 208 Å². The predicted octanol–water partition coefficient (Wildman–Crippen LogP) is 6.75. The number of fused-ring (bicyclic) bond motifs is 1. The lowest BCUT2D eigenvalue weighted by molar-refractivity contribution is -0.0761. The highest BCUT2D eigenvalue weighted by molar-refractivity contribution is 7.08. The summed E-state index contributed by atoms with van der Waals surface area (Å²) < 4.78 is 23.8. The summed E-state index contributed by atoms with van der Waals surface area (Å²) in [4.78, 5) is 12.2. The first kappa shape index (κ1) is 22.5. The van der Waals surface area contributed by atoms with Gasteiger partial charge >= 0.3 is 5.63 Å². The van der Waals surface area contributed by atoms with E-state index in [-0.39, 0.29) is 17.8 Å². The highest BCUT2D eigenvalue weighted by atomic mass is 32.1. The van der Waals surface area contributed by atoms with E-state index in [9.17, 15) is 4.79 Å². The Hall–Kier alpha value is -2.93. The van der Waals surface area contributed by atoms with Crippen LogP contribution in [0, 0.1) is 5.92 Å². The van der Waals surface area contributed by atoms with Crippen LogP contribution < -0.4 is 10.4 Å². The maximum Gasteiger partial charge on any atom is 0.336 e.